The van der Waals surface area contributed by atoms with Crippen molar-refractivity contribution in [2.24, 2.45) is 0 Å². The SMILES string of the molecule is O=C1C(=Cc2cccc(Oc3ccccc3)c2)N(CCc2cccs2)C(=S)N1CCc1cccs1. The molecule has 0 aliphatic carbocycles. The van der Waals surface area contributed by atoms with Gasteiger partial charge in [-0.15, -0.1) is 22.7 Å². The first-order valence-electron chi connectivity index (χ1n) is 11.4. The van der Waals surface area contributed by atoms with Crippen molar-refractivity contribution in [1.29, 1.82) is 0 Å². The van der Waals surface area contributed by atoms with E-state index in [4.69, 9.17) is 17.0 Å². The van der Waals surface area contributed by atoms with Crippen molar-refractivity contribution in [3.8, 4) is 11.5 Å². The van der Waals surface area contributed by atoms with Gasteiger partial charge >= 0.3 is 0 Å². The van der Waals surface area contributed by atoms with Crippen molar-refractivity contribution in [1.82, 2.24) is 9.80 Å². The average molecular weight is 517 g/mol. The molecule has 1 aliphatic heterocycles. The smallest absolute Gasteiger partial charge is 0.276 e. The Morgan fingerprint density at radius 1 is 0.771 bits per heavy atom. The van der Waals surface area contributed by atoms with Gasteiger partial charge in [0.25, 0.3) is 5.91 Å². The Hall–Kier alpha value is -3.26. The molecule has 1 aliphatic rings. The lowest BCUT2D eigenvalue weighted by Crippen LogP contribution is -2.34. The molecule has 35 heavy (non-hydrogen) atoms. The first-order valence-corrected chi connectivity index (χ1v) is 13.6. The second kappa shape index (κ2) is 11.0. The molecular formula is C28H24N2O2S3. The summed E-state index contributed by atoms with van der Waals surface area (Å²) in [4.78, 5) is 19.8. The van der Waals surface area contributed by atoms with Crippen LogP contribution in [0.15, 0.2) is 95.3 Å². The highest BCUT2D eigenvalue weighted by molar-refractivity contribution is 7.80. The van der Waals surface area contributed by atoms with Crippen LogP contribution in [0.25, 0.3) is 6.08 Å². The third-order valence-corrected chi connectivity index (χ3v) is 7.99. The van der Waals surface area contributed by atoms with Gasteiger partial charge in [-0.3, -0.25) is 9.69 Å². The van der Waals surface area contributed by atoms with Crippen LogP contribution >= 0.6 is 34.9 Å². The highest BCUT2D eigenvalue weighted by Crippen LogP contribution is 2.28. The van der Waals surface area contributed by atoms with Crippen LogP contribution in [0.1, 0.15) is 15.3 Å². The van der Waals surface area contributed by atoms with Gasteiger partial charge in [-0.05, 0) is 83.9 Å². The Bertz CT molecular complexity index is 1320. The summed E-state index contributed by atoms with van der Waals surface area (Å²) >= 11 is 9.23. The lowest BCUT2D eigenvalue weighted by Gasteiger charge is -2.20. The summed E-state index contributed by atoms with van der Waals surface area (Å²) in [7, 11) is 0. The summed E-state index contributed by atoms with van der Waals surface area (Å²) in [6.07, 6.45) is 3.54. The second-order valence-corrected chi connectivity index (χ2v) is 10.5. The number of para-hydroxylation sites is 1. The zero-order valence-corrected chi connectivity index (χ0v) is 21.5. The number of rotatable bonds is 9. The molecule has 4 aromatic rings. The van der Waals surface area contributed by atoms with E-state index < -0.39 is 0 Å². The number of hydrogen-bond acceptors (Lipinski definition) is 5. The topological polar surface area (TPSA) is 32.8 Å². The van der Waals surface area contributed by atoms with Gasteiger partial charge in [0.15, 0.2) is 5.11 Å². The standard InChI is InChI=1S/C28H24N2O2S3/c31-27-26(20-21-7-4-10-23(19-21)32-22-8-2-1-3-9-22)29(15-13-24-11-5-17-34-24)28(33)30(27)16-14-25-12-6-18-35-25/h1-12,17-20H,13-16H2. The molecule has 4 nitrogen and oxygen atoms in total. The molecule has 5 rings (SSSR count). The van der Waals surface area contributed by atoms with E-state index in [2.05, 4.69) is 29.0 Å². The Labute approximate surface area is 218 Å². The summed E-state index contributed by atoms with van der Waals surface area (Å²) in [6, 6.07) is 25.8. The Morgan fingerprint density at radius 3 is 2.09 bits per heavy atom. The number of thiophene rings is 2. The van der Waals surface area contributed by atoms with E-state index in [1.807, 2.05) is 71.6 Å². The predicted molar refractivity (Wildman–Crippen MR) is 148 cm³/mol. The van der Waals surface area contributed by atoms with Gasteiger partial charge in [-0.2, -0.15) is 0 Å². The van der Waals surface area contributed by atoms with Crippen molar-refractivity contribution in [3.63, 3.8) is 0 Å². The number of ether oxygens (including phenoxy) is 1. The van der Waals surface area contributed by atoms with Crippen LogP contribution in [0, 0.1) is 0 Å². The van der Waals surface area contributed by atoms with Crippen molar-refractivity contribution in [3.05, 3.63) is 111 Å². The highest BCUT2D eigenvalue weighted by Gasteiger charge is 2.37. The first kappa shape index (κ1) is 23.5. The van der Waals surface area contributed by atoms with E-state index in [0.29, 0.717) is 23.9 Å². The molecule has 1 saturated heterocycles. The lowest BCUT2D eigenvalue weighted by molar-refractivity contribution is -0.122. The monoisotopic (exact) mass is 516 g/mol. The molecule has 0 atom stereocenters. The number of carbonyl (C=O) groups is 1. The van der Waals surface area contributed by atoms with Gasteiger partial charge in [-0.1, -0.05) is 42.5 Å². The molecule has 0 spiro atoms. The molecule has 0 saturated carbocycles. The van der Waals surface area contributed by atoms with Crippen molar-refractivity contribution in [2.75, 3.05) is 13.1 Å². The summed E-state index contributed by atoms with van der Waals surface area (Å²) < 4.78 is 5.99. The molecule has 0 unspecified atom stereocenters. The van der Waals surface area contributed by atoms with Crippen LogP contribution < -0.4 is 4.74 Å². The molecular weight excluding hydrogens is 493 g/mol. The number of hydrogen-bond donors (Lipinski definition) is 0. The van der Waals surface area contributed by atoms with Gasteiger partial charge in [-0.25, -0.2) is 0 Å². The van der Waals surface area contributed by atoms with Crippen LogP contribution in [0.2, 0.25) is 0 Å². The highest BCUT2D eigenvalue weighted by atomic mass is 32.1. The molecule has 7 heteroatoms. The number of amides is 1. The van der Waals surface area contributed by atoms with Crippen LogP contribution in [0.4, 0.5) is 0 Å². The third-order valence-electron chi connectivity index (χ3n) is 5.68. The van der Waals surface area contributed by atoms with Crippen LogP contribution in [-0.2, 0) is 17.6 Å². The summed E-state index contributed by atoms with van der Waals surface area (Å²) in [5.41, 5.74) is 1.50. The molecule has 3 heterocycles. The molecule has 0 bridgehead atoms. The van der Waals surface area contributed by atoms with E-state index >= 15 is 0 Å². The number of benzene rings is 2. The zero-order chi connectivity index (χ0) is 24.0. The summed E-state index contributed by atoms with van der Waals surface area (Å²) in [5, 5.41) is 4.71. The summed E-state index contributed by atoms with van der Waals surface area (Å²) in [5.74, 6) is 1.44. The molecule has 2 aromatic carbocycles. The van der Waals surface area contributed by atoms with E-state index in [9.17, 15) is 4.79 Å². The van der Waals surface area contributed by atoms with E-state index in [1.165, 1.54) is 9.75 Å². The Balaban J connectivity index is 1.39. The maximum absolute atomic E-state index is 13.5. The largest absolute Gasteiger partial charge is 0.457 e. The lowest BCUT2D eigenvalue weighted by atomic mass is 10.1. The minimum atomic E-state index is -0.0490. The molecule has 0 radical (unpaired) electrons. The Morgan fingerprint density at radius 2 is 1.43 bits per heavy atom. The Kier molecular flexibility index (Phi) is 7.37. The van der Waals surface area contributed by atoms with Gasteiger partial charge < -0.3 is 9.64 Å². The van der Waals surface area contributed by atoms with Crippen LogP contribution in [0.3, 0.4) is 0 Å². The fourth-order valence-corrected chi connectivity index (χ4v) is 5.71. The van der Waals surface area contributed by atoms with Crippen LogP contribution in [0.5, 0.6) is 11.5 Å². The maximum atomic E-state index is 13.5. The molecule has 176 valence electrons. The van der Waals surface area contributed by atoms with Crippen molar-refractivity contribution >= 4 is 52.0 Å². The van der Waals surface area contributed by atoms with E-state index in [-0.39, 0.29) is 5.91 Å². The first-order chi connectivity index (χ1) is 17.2. The van der Waals surface area contributed by atoms with Crippen molar-refractivity contribution in [2.45, 2.75) is 12.8 Å². The molecule has 0 N–H and O–H groups in total. The quantitative estimate of drug-likeness (QED) is 0.180. The van der Waals surface area contributed by atoms with Gasteiger partial charge in [0, 0.05) is 22.8 Å². The van der Waals surface area contributed by atoms with Gasteiger partial charge in [0.1, 0.15) is 17.2 Å². The maximum Gasteiger partial charge on any atom is 0.276 e. The van der Waals surface area contributed by atoms with Crippen LogP contribution in [-0.4, -0.2) is 33.9 Å². The molecule has 1 fully saturated rings. The molecule has 1 amide bonds. The fourth-order valence-electron chi connectivity index (χ4n) is 3.95. The minimum Gasteiger partial charge on any atom is -0.457 e. The van der Waals surface area contributed by atoms with Crippen molar-refractivity contribution < 1.29 is 9.53 Å². The number of thiocarbonyl (C=S) groups is 1. The number of nitrogens with zero attached hydrogens (tertiary/aromatic N) is 2. The zero-order valence-electron chi connectivity index (χ0n) is 19.0. The second-order valence-electron chi connectivity index (χ2n) is 8.07. The predicted octanol–water partition coefficient (Wildman–Crippen LogP) is 6.86. The van der Waals surface area contributed by atoms with Gasteiger partial charge in [0.2, 0.25) is 0 Å². The third kappa shape index (κ3) is 5.70. The summed E-state index contributed by atoms with van der Waals surface area (Å²) in [6.45, 7) is 1.23. The molecule has 2 aromatic heterocycles. The minimum absolute atomic E-state index is 0.0490. The normalized spacial score (nSPS) is 14.8. The van der Waals surface area contributed by atoms with E-state index in [1.54, 1.807) is 27.6 Å². The fraction of sp³-hybridized carbons (Fsp3) is 0.143. The van der Waals surface area contributed by atoms with E-state index in [0.717, 1.165) is 29.9 Å². The average Bonchev–Trinajstić information content (AvgIpc) is 3.62. The number of carbonyl (C=O) groups excluding carboxylic acids is 1. The van der Waals surface area contributed by atoms with Gasteiger partial charge in [0.05, 0.1) is 0 Å².